The topological polar surface area (TPSA) is 59.2 Å². The van der Waals surface area contributed by atoms with Gasteiger partial charge in [-0.05, 0) is 31.1 Å². The van der Waals surface area contributed by atoms with E-state index in [-0.39, 0.29) is 11.6 Å². The third kappa shape index (κ3) is 4.37. The van der Waals surface area contributed by atoms with Gasteiger partial charge < -0.3 is 4.52 Å². The van der Waals surface area contributed by atoms with E-state index in [0.29, 0.717) is 23.5 Å². The first-order valence-corrected chi connectivity index (χ1v) is 10.1. The molecular formula is C21H24F3N3O2. The first-order chi connectivity index (χ1) is 13.8. The largest absolute Gasteiger partial charge is 0.471 e. The lowest BCUT2D eigenvalue weighted by Gasteiger charge is -2.46. The molecule has 0 amide bonds. The molecule has 0 N–H and O–H groups in total. The van der Waals surface area contributed by atoms with Gasteiger partial charge in [-0.2, -0.15) is 18.2 Å². The Bertz CT molecular complexity index is 863. The van der Waals surface area contributed by atoms with Crippen LogP contribution in [0, 0.1) is 11.8 Å². The molecule has 156 valence electrons. The van der Waals surface area contributed by atoms with Crippen molar-refractivity contribution >= 4 is 5.78 Å². The molecule has 1 aromatic heterocycles. The number of halogens is 3. The summed E-state index contributed by atoms with van der Waals surface area (Å²) < 4.78 is 41.9. The molecule has 4 rings (SSSR count). The maximum atomic E-state index is 12.6. The summed E-state index contributed by atoms with van der Waals surface area (Å²) in [7, 11) is 0. The van der Waals surface area contributed by atoms with E-state index in [2.05, 4.69) is 26.5 Å². The van der Waals surface area contributed by atoms with Crippen LogP contribution in [0.1, 0.15) is 55.3 Å². The number of Topliss-reactive ketones (excluding diaryl/α,β-unsaturated/α-hetero) is 1. The molecule has 2 fully saturated rings. The van der Waals surface area contributed by atoms with E-state index in [4.69, 9.17) is 0 Å². The average Bonchev–Trinajstić information content (AvgIpc) is 3.31. The van der Waals surface area contributed by atoms with Crippen LogP contribution in [0.2, 0.25) is 0 Å². The minimum Gasteiger partial charge on any atom is -0.329 e. The smallest absolute Gasteiger partial charge is 0.329 e. The quantitative estimate of drug-likeness (QED) is 0.615. The van der Waals surface area contributed by atoms with Gasteiger partial charge in [0, 0.05) is 36.7 Å². The van der Waals surface area contributed by atoms with Gasteiger partial charge in [0.15, 0.2) is 5.78 Å². The number of carbonyl (C=O) groups is 1. The number of fused-ring (bicyclic) bond motifs is 1. The Balaban J connectivity index is 1.28. The molecule has 1 aromatic carbocycles. The summed E-state index contributed by atoms with van der Waals surface area (Å²) in [5, 5.41) is 3.36. The molecule has 3 atom stereocenters. The van der Waals surface area contributed by atoms with E-state index < -0.39 is 12.1 Å². The Morgan fingerprint density at radius 1 is 1.28 bits per heavy atom. The predicted octanol–water partition coefficient (Wildman–Crippen LogP) is 4.84. The van der Waals surface area contributed by atoms with E-state index in [1.807, 2.05) is 0 Å². The maximum Gasteiger partial charge on any atom is 0.471 e. The zero-order chi connectivity index (χ0) is 20.6. The molecule has 0 bridgehead atoms. The number of aromatic nitrogens is 2. The standard InChI is InChI=1S/C21H24F3N3O2/c1-13(11-27-12-16-3-2-4-17(16)27)5-10-18(28)14-6-8-15(9-7-14)19-25-20(29-26-19)21(22,23)24/h6-9,13,16-17H,2-5,10-12H2,1H3/t13-,16?,17?/m0/s1. The molecule has 0 radical (unpaired) electrons. The Labute approximate surface area is 167 Å². The van der Waals surface area contributed by atoms with Crippen LogP contribution in [0.25, 0.3) is 11.4 Å². The minimum absolute atomic E-state index is 0.0369. The fourth-order valence-electron chi connectivity index (χ4n) is 4.49. The number of likely N-dealkylation sites (tertiary alicyclic amines) is 1. The van der Waals surface area contributed by atoms with Crippen molar-refractivity contribution in [2.45, 2.75) is 51.2 Å². The monoisotopic (exact) mass is 407 g/mol. The van der Waals surface area contributed by atoms with Crippen molar-refractivity contribution in [2.24, 2.45) is 11.8 Å². The number of hydrogen-bond donors (Lipinski definition) is 0. The van der Waals surface area contributed by atoms with Crippen molar-refractivity contribution in [3.63, 3.8) is 0 Å². The summed E-state index contributed by atoms with van der Waals surface area (Å²) in [6, 6.07) is 7.06. The molecule has 2 aromatic rings. The molecule has 2 unspecified atom stereocenters. The van der Waals surface area contributed by atoms with Crippen molar-refractivity contribution in [2.75, 3.05) is 13.1 Å². The van der Waals surface area contributed by atoms with E-state index in [1.54, 1.807) is 24.3 Å². The summed E-state index contributed by atoms with van der Waals surface area (Å²) in [6.07, 6.45) is 0.638. The first kappa shape index (κ1) is 20.1. The Morgan fingerprint density at radius 2 is 2.03 bits per heavy atom. The number of hydrogen-bond acceptors (Lipinski definition) is 5. The second-order valence-electron chi connectivity index (χ2n) is 8.28. The Hall–Kier alpha value is -2.22. The fraction of sp³-hybridized carbons (Fsp3) is 0.571. The van der Waals surface area contributed by atoms with Crippen LogP contribution in [0.4, 0.5) is 13.2 Å². The SMILES string of the molecule is C[C@@H](CCC(=O)c1ccc(-c2noc(C(F)(F)F)n2)cc1)CN1CC2CCCC21. The van der Waals surface area contributed by atoms with E-state index >= 15 is 0 Å². The fourth-order valence-corrected chi connectivity index (χ4v) is 4.49. The highest BCUT2D eigenvalue weighted by Crippen LogP contribution is 2.39. The zero-order valence-corrected chi connectivity index (χ0v) is 16.3. The number of ketones is 1. The van der Waals surface area contributed by atoms with E-state index in [1.165, 1.54) is 25.8 Å². The molecule has 8 heteroatoms. The Morgan fingerprint density at radius 3 is 2.69 bits per heavy atom. The van der Waals surface area contributed by atoms with Crippen LogP contribution >= 0.6 is 0 Å². The van der Waals surface area contributed by atoms with Crippen LogP contribution in [0.5, 0.6) is 0 Å². The second-order valence-corrected chi connectivity index (χ2v) is 8.28. The van der Waals surface area contributed by atoms with Crippen LogP contribution in [0.15, 0.2) is 28.8 Å². The van der Waals surface area contributed by atoms with Gasteiger partial charge in [-0.25, -0.2) is 0 Å². The highest BCUT2D eigenvalue weighted by atomic mass is 19.4. The summed E-state index contributed by atoms with van der Waals surface area (Å²) >= 11 is 0. The first-order valence-electron chi connectivity index (χ1n) is 10.1. The van der Waals surface area contributed by atoms with E-state index in [0.717, 1.165) is 24.9 Å². The lowest BCUT2D eigenvalue weighted by atomic mass is 9.89. The number of carbonyl (C=O) groups excluding carboxylic acids is 1. The molecule has 2 heterocycles. The average molecular weight is 407 g/mol. The molecule has 2 aliphatic rings. The van der Waals surface area contributed by atoms with Crippen molar-refractivity contribution in [1.29, 1.82) is 0 Å². The van der Waals surface area contributed by atoms with Crippen molar-refractivity contribution < 1.29 is 22.5 Å². The van der Waals surface area contributed by atoms with Crippen LogP contribution in [-0.4, -0.2) is 40.0 Å². The summed E-state index contributed by atoms with van der Waals surface area (Å²) in [5.41, 5.74) is 0.915. The third-order valence-corrected chi connectivity index (χ3v) is 6.10. The molecule has 0 spiro atoms. The zero-order valence-electron chi connectivity index (χ0n) is 16.3. The van der Waals surface area contributed by atoms with Crippen molar-refractivity contribution in [3.8, 4) is 11.4 Å². The number of benzene rings is 1. The lowest BCUT2D eigenvalue weighted by molar-refractivity contribution is -0.159. The lowest BCUT2D eigenvalue weighted by Crippen LogP contribution is -2.54. The molecule has 1 aliphatic heterocycles. The number of rotatable bonds is 7. The van der Waals surface area contributed by atoms with Crippen LogP contribution in [0.3, 0.4) is 0 Å². The van der Waals surface area contributed by atoms with Gasteiger partial charge in [-0.1, -0.05) is 42.8 Å². The van der Waals surface area contributed by atoms with Gasteiger partial charge in [0.05, 0.1) is 0 Å². The summed E-state index contributed by atoms with van der Waals surface area (Å²) in [4.78, 5) is 18.4. The summed E-state index contributed by atoms with van der Waals surface area (Å²) in [5.74, 6) is -0.138. The normalized spacial score (nSPS) is 22.9. The maximum absolute atomic E-state index is 12.6. The molecular weight excluding hydrogens is 383 g/mol. The predicted molar refractivity (Wildman–Crippen MR) is 100 cm³/mol. The van der Waals surface area contributed by atoms with E-state index in [9.17, 15) is 18.0 Å². The van der Waals surface area contributed by atoms with Crippen LogP contribution < -0.4 is 0 Å². The molecule has 1 saturated heterocycles. The van der Waals surface area contributed by atoms with Crippen molar-refractivity contribution in [3.05, 3.63) is 35.7 Å². The summed E-state index contributed by atoms with van der Waals surface area (Å²) in [6.45, 7) is 4.44. The van der Waals surface area contributed by atoms with Crippen LogP contribution in [-0.2, 0) is 6.18 Å². The van der Waals surface area contributed by atoms with Gasteiger partial charge in [0.2, 0.25) is 5.82 Å². The van der Waals surface area contributed by atoms with Gasteiger partial charge in [-0.3, -0.25) is 9.69 Å². The Kier molecular flexibility index (Phi) is 5.46. The molecule has 1 saturated carbocycles. The van der Waals surface area contributed by atoms with Gasteiger partial charge >= 0.3 is 12.1 Å². The third-order valence-electron chi connectivity index (χ3n) is 6.10. The molecule has 1 aliphatic carbocycles. The highest BCUT2D eigenvalue weighted by molar-refractivity contribution is 5.96. The van der Waals surface area contributed by atoms with Crippen molar-refractivity contribution in [1.82, 2.24) is 15.0 Å². The molecule has 29 heavy (non-hydrogen) atoms. The number of alkyl halides is 3. The minimum atomic E-state index is -4.67. The second kappa shape index (κ2) is 7.89. The van der Waals surface area contributed by atoms with Gasteiger partial charge in [-0.15, -0.1) is 0 Å². The van der Waals surface area contributed by atoms with Gasteiger partial charge in [0.1, 0.15) is 0 Å². The number of nitrogens with zero attached hydrogens (tertiary/aromatic N) is 3. The highest BCUT2D eigenvalue weighted by Gasteiger charge is 2.42. The molecule has 5 nitrogen and oxygen atoms in total. The van der Waals surface area contributed by atoms with Gasteiger partial charge in [0.25, 0.3) is 0 Å².